The summed E-state index contributed by atoms with van der Waals surface area (Å²) >= 11 is 3.40. The number of rotatable bonds is 1. The quantitative estimate of drug-likeness (QED) is 0.810. The lowest BCUT2D eigenvalue weighted by Crippen LogP contribution is -2.01. The highest BCUT2D eigenvalue weighted by atomic mass is 79.9. The van der Waals surface area contributed by atoms with Gasteiger partial charge in [0.05, 0.1) is 18.2 Å². The molecular weight excluding hydrogens is 270 g/mol. The molecule has 0 aliphatic rings. The lowest BCUT2D eigenvalue weighted by Gasteiger charge is -2.01. The van der Waals surface area contributed by atoms with Crippen LogP contribution in [-0.2, 0) is 4.74 Å². The van der Waals surface area contributed by atoms with Gasteiger partial charge in [-0.2, -0.15) is 0 Å². The number of hydrogen-bond acceptors (Lipinski definition) is 2. The van der Waals surface area contributed by atoms with Crippen LogP contribution in [0.15, 0.2) is 28.9 Å². The number of aromatic amines is 1. The van der Waals surface area contributed by atoms with E-state index in [0.717, 1.165) is 15.4 Å². The van der Waals surface area contributed by atoms with Crippen molar-refractivity contribution in [2.45, 2.75) is 13.8 Å². The van der Waals surface area contributed by atoms with E-state index in [4.69, 9.17) is 0 Å². The molecule has 0 aliphatic carbocycles. The fraction of sp³-hybridized carbons (Fsp3) is 0.250. The van der Waals surface area contributed by atoms with Crippen LogP contribution in [0.5, 0.6) is 0 Å². The molecule has 3 nitrogen and oxygen atoms in total. The van der Waals surface area contributed by atoms with E-state index >= 15 is 0 Å². The molecule has 0 atom stereocenters. The number of carbonyl (C=O) groups excluding carboxylic acids is 1. The first-order chi connectivity index (χ1) is 7.74. The molecule has 2 aromatic rings. The molecule has 1 heterocycles. The number of H-pyrrole nitrogens is 1. The van der Waals surface area contributed by atoms with E-state index in [1.54, 1.807) is 12.3 Å². The number of ether oxygens (including phenoxy) is 1. The van der Waals surface area contributed by atoms with Gasteiger partial charge < -0.3 is 9.72 Å². The molecule has 86 valence electrons. The number of benzene rings is 1. The molecule has 16 heavy (non-hydrogen) atoms. The molecule has 0 spiro atoms. The van der Waals surface area contributed by atoms with Crippen LogP contribution >= 0.6 is 15.9 Å². The number of hydrogen-bond donors (Lipinski definition) is 1. The maximum Gasteiger partial charge on any atom is 0.338 e. The lowest BCUT2D eigenvalue weighted by atomic mass is 10.1. The summed E-state index contributed by atoms with van der Waals surface area (Å²) in [7, 11) is 1.38. The highest BCUT2D eigenvalue weighted by Crippen LogP contribution is 2.25. The van der Waals surface area contributed by atoms with Crippen molar-refractivity contribution in [2.75, 3.05) is 7.11 Å². The van der Waals surface area contributed by atoms with Gasteiger partial charge in [-0.25, -0.2) is 4.79 Å². The van der Waals surface area contributed by atoms with E-state index < -0.39 is 0 Å². The molecule has 1 N–H and O–H groups in total. The first-order valence-electron chi connectivity index (χ1n) is 5.08. The zero-order valence-electron chi connectivity index (χ0n) is 9.50. The molecular formula is C12H14BrNO2. The van der Waals surface area contributed by atoms with Crippen LogP contribution in [0.25, 0.3) is 10.9 Å². The van der Waals surface area contributed by atoms with E-state index in [1.165, 1.54) is 7.11 Å². The molecule has 4 heteroatoms. The van der Waals surface area contributed by atoms with Crippen LogP contribution in [0.1, 0.15) is 24.2 Å². The van der Waals surface area contributed by atoms with Crippen LogP contribution in [0, 0.1) is 0 Å². The number of aromatic nitrogens is 1. The van der Waals surface area contributed by atoms with E-state index in [9.17, 15) is 4.79 Å². The Hall–Kier alpha value is -1.29. The molecule has 1 aromatic carbocycles. The summed E-state index contributed by atoms with van der Waals surface area (Å²) in [5, 5.41) is 0.867. The molecule has 1 aromatic heterocycles. The average molecular weight is 284 g/mol. The van der Waals surface area contributed by atoms with E-state index in [-0.39, 0.29) is 5.97 Å². The lowest BCUT2D eigenvalue weighted by molar-refractivity contribution is 0.0603. The second kappa shape index (κ2) is 5.70. The first-order valence-corrected chi connectivity index (χ1v) is 5.87. The maximum atomic E-state index is 11.4. The Kier molecular flexibility index (Phi) is 4.55. The topological polar surface area (TPSA) is 42.1 Å². The van der Waals surface area contributed by atoms with Crippen molar-refractivity contribution in [3.8, 4) is 0 Å². The predicted octanol–water partition coefficient (Wildman–Crippen LogP) is 3.74. The molecule has 2 rings (SSSR count). The van der Waals surface area contributed by atoms with Gasteiger partial charge in [-0.1, -0.05) is 13.8 Å². The SMILES string of the molecule is CC.COC(=O)c1ccc(Br)c2[nH]ccc12. The van der Waals surface area contributed by atoms with Gasteiger partial charge in [0.25, 0.3) is 0 Å². The van der Waals surface area contributed by atoms with Gasteiger partial charge >= 0.3 is 5.97 Å². The molecule has 0 fully saturated rings. The third kappa shape index (κ3) is 2.27. The van der Waals surface area contributed by atoms with Crippen molar-refractivity contribution >= 4 is 32.8 Å². The number of halogens is 1. The minimum absolute atomic E-state index is 0.317. The van der Waals surface area contributed by atoms with Crippen LogP contribution in [0.3, 0.4) is 0 Å². The number of carbonyl (C=O) groups is 1. The summed E-state index contributed by atoms with van der Waals surface area (Å²) in [6.45, 7) is 4.00. The second-order valence-electron chi connectivity index (χ2n) is 2.85. The minimum Gasteiger partial charge on any atom is -0.465 e. The largest absolute Gasteiger partial charge is 0.465 e. The van der Waals surface area contributed by atoms with Crippen molar-refractivity contribution < 1.29 is 9.53 Å². The summed E-state index contributed by atoms with van der Waals surface area (Å²) in [6, 6.07) is 5.42. The Labute approximate surface area is 103 Å². The van der Waals surface area contributed by atoms with Crippen molar-refractivity contribution in [1.29, 1.82) is 0 Å². The van der Waals surface area contributed by atoms with Gasteiger partial charge in [0.1, 0.15) is 0 Å². The fourth-order valence-corrected chi connectivity index (χ4v) is 1.87. The van der Waals surface area contributed by atoms with Gasteiger partial charge in [0.2, 0.25) is 0 Å². The highest BCUT2D eigenvalue weighted by Gasteiger charge is 2.11. The molecule has 0 saturated heterocycles. The van der Waals surface area contributed by atoms with E-state index in [2.05, 4.69) is 25.7 Å². The predicted molar refractivity (Wildman–Crippen MR) is 68.7 cm³/mol. The second-order valence-corrected chi connectivity index (χ2v) is 3.71. The Morgan fingerprint density at radius 3 is 2.62 bits per heavy atom. The Morgan fingerprint density at radius 1 is 1.31 bits per heavy atom. The number of esters is 1. The summed E-state index contributed by atoms with van der Waals surface area (Å²) < 4.78 is 5.62. The van der Waals surface area contributed by atoms with E-state index in [1.807, 2.05) is 26.0 Å². The van der Waals surface area contributed by atoms with Crippen LogP contribution in [0.2, 0.25) is 0 Å². The molecule has 0 amide bonds. The van der Waals surface area contributed by atoms with Gasteiger partial charge in [-0.05, 0) is 34.1 Å². The third-order valence-electron chi connectivity index (χ3n) is 2.08. The van der Waals surface area contributed by atoms with Gasteiger partial charge in [0, 0.05) is 16.1 Å². The molecule has 0 bridgehead atoms. The minimum atomic E-state index is -0.317. The maximum absolute atomic E-state index is 11.4. The monoisotopic (exact) mass is 283 g/mol. The van der Waals surface area contributed by atoms with Gasteiger partial charge in [-0.3, -0.25) is 0 Å². The highest BCUT2D eigenvalue weighted by molar-refractivity contribution is 9.10. The van der Waals surface area contributed by atoms with Crippen molar-refractivity contribution in [1.82, 2.24) is 4.98 Å². The average Bonchev–Trinajstić information content (AvgIpc) is 2.81. The van der Waals surface area contributed by atoms with Gasteiger partial charge in [0.15, 0.2) is 0 Å². The Morgan fingerprint density at radius 2 is 2.00 bits per heavy atom. The summed E-state index contributed by atoms with van der Waals surface area (Å²) in [5.74, 6) is -0.317. The zero-order chi connectivity index (χ0) is 12.1. The summed E-state index contributed by atoms with van der Waals surface area (Å²) in [4.78, 5) is 14.4. The van der Waals surface area contributed by atoms with Crippen LogP contribution in [-0.4, -0.2) is 18.1 Å². The Balaban J connectivity index is 0.000000606. The third-order valence-corrected chi connectivity index (χ3v) is 2.74. The van der Waals surface area contributed by atoms with E-state index in [0.29, 0.717) is 5.56 Å². The van der Waals surface area contributed by atoms with Crippen molar-refractivity contribution in [3.63, 3.8) is 0 Å². The van der Waals surface area contributed by atoms with Crippen LogP contribution in [0.4, 0.5) is 0 Å². The normalized spacial score (nSPS) is 9.50. The number of methoxy groups -OCH3 is 1. The molecule has 0 unspecified atom stereocenters. The smallest absolute Gasteiger partial charge is 0.338 e. The fourth-order valence-electron chi connectivity index (χ4n) is 1.41. The standard InChI is InChI=1S/C10H8BrNO2.C2H6/c1-14-10(13)7-2-3-8(11)9-6(7)4-5-12-9;1-2/h2-5,12H,1H3;1-2H3. The molecule has 0 radical (unpaired) electrons. The van der Waals surface area contributed by atoms with Crippen molar-refractivity contribution in [2.24, 2.45) is 0 Å². The molecule has 0 aliphatic heterocycles. The zero-order valence-corrected chi connectivity index (χ0v) is 11.1. The first kappa shape index (κ1) is 12.8. The Bertz CT molecular complexity index is 491. The number of fused-ring (bicyclic) bond motifs is 1. The summed E-state index contributed by atoms with van der Waals surface area (Å²) in [5.41, 5.74) is 1.49. The van der Waals surface area contributed by atoms with Gasteiger partial charge in [-0.15, -0.1) is 0 Å². The number of nitrogens with one attached hydrogen (secondary N) is 1. The van der Waals surface area contributed by atoms with Crippen LogP contribution < -0.4 is 0 Å². The molecule has 0 saturated carbocycles. The summed E-state index contributed by atoms with van der Waals surface area (Å²) in [6.07, 6.45) is 1.79. The van der Waals surface area contributed by atoms with Crippen molar-refractivity contribution in [3.05, 3.63) is 34.4 Å².